The molecule has 0 fully saturated rings. The second-order valence-electron chi connectivity index (χ2n) is 5.44. The van der Waals surface area contributed by atoms with Gasteiger partial charge in [-0.25, -0.2) is 4.68 Å². The molecule has 1 N–H and O–H groups in total. The SMILES string of the molecule is Cc1c(C(=O)Nc2cccc(C(F)(F)F)c2)nnn1-c1ccc(Br)cc1. The van der Waals surface area contributed by atoms with Gasteiger partial charge < -0.3 is 5.32 Å². The molecule has 0 aliphatic carbocycles. The summed E-state index contributed by atoms with van der Waals surface area (Å²) in [5, 5.41) is 10.2. The molecule has 0 radical (unpaired) electrons. The van der Waals surface area contributed by atoms with Gasteiger partial charge in [-0.3, -0.25) is 4.79 Å². The van der Waals surface area contributed by atoms with E-state index in [2.05, 4.69) is 31.6 Å². The van der Waals surface area contributed by atoms with Crippen LogP contribution in [0.15, 0.2) is 53.0 Å². The van der Waals surface area contributed by atoms with Crippen molar-refractivity contribution in [2.45, 2.75) is 13.1 Å². The molecule has 0 saturated heterocycles. The minimum absolute atomic E-state index is 0.0300. The normalized spacial score (nSPS) is 11.4. The van der Waals surface area contributed by atoms with E-state index in [1.165, 1.54) is 16.8 Å². The van der Waals surface area contributed by atoms with E-state index in [1.807, 2.05) is 12.1 Å². The first-order chi connectivity index (χ1) is 12.3. The summed E-state index contributed by atoms with van der Waals surface area (Å²) in [7, 11) is 0. The van der Waals surface area contributed by atoms with Crippen LogP contribution < -0.4 is 5.32 Å². The van der Waals surface area contributed by atoms with Gasteiger partial charge >= 0.3 is 6.18 Å². The van der Waals surface area contributed by atoms with Gasteiger partial charge in [-0.15, -0.1) is 5.10 Å². The molecule has 0 spiro atoms. The molecule has 0 unspecified atom stereocenters. The van der Waals surface area contributed by atoms with Crippen LogP contribution >= 0.6 is 15.9 Å². The van der Waals surface area contributed by atoms with Gasteiger partial charge in [-0.05, 0) is 49.4 Å². The predicted molar refractivity (Wildman–Crippen MR) is 93.2 cm³/mol. The number of carbonyl (C=O) groups is 1. The smallest absolute Gasteiger partial charge is 0.321 e. The van der Waals surface area contributed by atoms with Crippen molar-refractivity contribution in [2.75, 3.05) is 5.32 Å². The van der Waals surface area contributed by atoms with Crippen LogP contribution in [0.4, 0.5) is 18.9 Å². The summed E-state index contributed by atoms with van der Waals surface area (Å²) in [4.78, 5) is 12.4. The maximum atomic E-state index is 12.8. The molecule has 3 rings (SSSR count). The number of halogens is 4. The number of benzene rings is 2. The molecule has 9 heteroatoms. The van der Waals surface area contributed by atoms with Gasteiger partial charge in [0.25, 0.3) is 5.91 Å². The van der Waals surface area contributed by atoms with E-state index < -0.39 is 17.6 Å². The standard InChI is InChI=1S/C17H12BrF3N4O/c1-10-15(23-24-25(10)14-7-5-12(18)6-8-14)16(26)22-13-4-2-3-11(9-13)17(19,20)21/h2-9H,1H3,(H,22,26). The van der Waals surface area contributed by atoms with Gasteiger partial charge in [0.05, 0.1) is 16.9 Å². The number of carbonyl (C=O) groups excluding carboxylic acids is 1. The fourth-order valence-electron chi connectivity index (χ4n) is 2.33. The molecule has 5 nitrogen and oxygen atoms in total. The average Bonchev–Trinajstić information content (AvgIpc) is 2.97. The first-order valence-electron chi connectivity index (χ1n) is 7.42. The number of hydrogen-bond donors (Lipinski definition) is 1. The minimum Gasteiger partial charge on any atom is -0.321 e. The summed E-state index contributed by atoms with van der Waals surface area (Å²) in [5.41, 5.74) is 0.395. The first-order valence-corrected chi connectivity index (χ1v) is 8.22. The van der Waals surface area contributed by atoms with Crippen molar-refractivity contribution in [3.63, 3.8) is 0 Å². The lowest BCUT2D eigenvalue weighted by atomic mass is 10.2. The van der Waals surface area contributed by atoms with Crippen molar-refractivity contribution in [3.8, 4) is 5.69 Å². The lowest BCUT2D eigenvalue weighted by Gasteiger charge is -2.09. The van der Waals surface area contributed by atoms with Crippen LogP contribution in [0.1, 0.15) is 21.7 Å². The minimum atomic E-state index is -4.48. The third-order valence-corrected chi connectivity index (χ3v) is 4.16. The van der Waals surface area contributed by atoms with E-state index in [0.717, 1.165) is 16.6 Å². The van der Waals surface area contributed by atoms with Crippen LogP contribution in [-0.2, 0) is 6.18 Å². The number of rotatable bonds is 3. The maximum absolute atomic E-state index is 12.8. The zero-order chi connectivity index (χ0) is 18.9. The molecule has 1 aromatic heterocycles. The number of alkyl halides is 3. The third-order valence-electron chi connectivity index (χ3n) is 3.63. The molecule has 0 saturated carbocycles. The highest BCUT2D eigenvalue weighted by molar-refractivity contribution is 9.10. The zero-order valence-corrected chi connectivity index (χ0v) is 15.0. The largest absolute Gasteiger partial charge is 0.416 e. The molecular formula is C17H12BrF3N4O. The third kappa shape index (κ3) is 3.77. The first kappa shape index (κ1) is 18.1. The highest BCUT2D eigenvalue weighted by Crippen LogP contribution is 2.30. The van der Waals surface area contributed by atoms with E-state index in [1.54, 1.807) is 19.1 Å². The van der Waals surface area contributed by atoms with Gasteiger partial charge in [0, 0.05) is 10.2 Å². The Morgan fingerprint density at radius 2 is 1.85 bits per heavy atom. The van der Waals surface area contributed by atoms with E-state index in [9.17, 15) is 18.0 Å². The summed E-state index contributed by atoms with van der Waals surface area (Å²) in [5.74, 6) is -0.634. The summed E-state index contributed by atoms with van der Waals surface area (Å²) >= 11 is 3.33. The molecule has 0 atom stereocenters. The van der Waals surface area contributed by atoms with E-state index in [4.69, 9.17) is 0 Å². The number of amides is 1. The van der Waals surface area contributed by atoms with Gasteiger partial charge in [-0.1, -0.05) is 27.2 Å². The van der Waals surface area contributed by atoms with E-state index in [0.29, 0.717) is 11.4 Å². The fraction of sp³-hybridized carbons (Fsp3) is 0.118. The fourth-order valence-corrected chi connectivity index (χ4v) is 2.59. The van der Waals surface area contributed by atoms with Crippen LogP contribution in [0.2, 0.25) is 0 Å². The van der Waals surface area contributed by atoms with Gasteiger partial charge in [0.1, 0.15) is 0 Å². The summed E-state index contributed by atoms with van der Waals surface area (Å²) in [6.07, 6.45) is -4.48. The molecule has 1 heterocycles. The van der Waals surface area contributed by atoms with Crippen molar-refractivity contribution >= 4 is 27.5 Å². The van der Waals surface area contributed by atoms with E-state index >= 15 is 0 Å². The lowest BCUT2D eigenvalue weighted by Crippen LogP contribution is -2.15. The Balaban J connectivity index is 1.84. The molecular weight excluding hydrogens is 413 g/mol. The van der Waals surface area contributed by atoms with Crippen molar-refractivity contribution in [1.29, 1.82) is 0 Å². The Morgan fingerprint density at radius 1 is 1.15 bits per heavy atom. The molecule has 2 aromatic carbocycles. The lowest BCUT2D eigenvalue weighted by molar-refractivity contribution is -0.137. The second-order valence-corrected chi connectivity index (χ2v) is 6.36. The van der Waals surface area contributed by atoms with E-state index in [-0.39, 0.29) is 11.4 Å². The Kier molecular flexibility index (Phi) is 4.82. The monoisotopic (exact) mass is 424 g/mol. The number of nitrogens with zero attached hydrogens (tertiary/aromatic N) is 3. The van der Waals surface area contributed by atoms with Crippen LogP contribution in [0.25, 0.3) is 5.69 Å². The molecule has 1 amide bonds. The topological polar surface area (TPSA) is 59.8 Å². The van der Waals surface area contributed by atoms with Crippen LogP contribution in [0.5, 0.6) is 0 Å². The molecule has 134 valence electrons. The molecule has 0 aliphatic heterocycles. The quantitative estimate of drug-likeness (QED) is 0.667. The molecule has 0 bridgehead atoms. The Hall–Kier alpha value is -2.68. The number of nitrogens with one attached hydrogen (secondary N) is 1. The number of anilines is 1. The average molecular weight is 425 g/mol. The zero-order valence-electron chi connectivity index (χ0n) is 13.4. The Morgan fingerprint density at radius 3 is 2.50 bits per heavy atom. The highest BCUT2D eigenvalue weighted by atomic mass is 79.9. The Labute approximate surface area is 155 Å². The number of hydrogen-bond acceptors (Lipinski definition) is 3. The summed E-state index contributed by atoms with van der Waals surface area (Å²) in [6, 6.07) is 11.6. The van der Waals surface area contributed by atoms with Crippen LogP contribution in [0.3, 0.4) is 0 Å². The van der Waals surface area contributed by atoms with Crippen LogP contribution in [-0.4, -0.2) is 20.9 Å². The van der Waals surface area contributed by atoms with Crippen molar-refractivity contribution in [2.24, 2.45) is 0 Å². The van der Waals surface area contributed by atoms with Crippen molar-refractivity contribution in [3.05, 3.63) is 70.0 Å². The highest BCUT2D eigenvalue weighted by Gasteiger charge is 2.30. The van der Waals surface area contributed by atoms with Gasteiger partial charge in [-0.2, -0.15) is 13.2 Å². The maximum Gasteiger partial charge on any atom is 0.416 e. The van der Waals surface area contributed by atoms with Crippen molar-refractivity contribution in [1.82, 2.24) is 15.0 Å². The molecule has 3 aromatic rings. The molecule has 26 heavy (non-hydrogen) atoms. The predicted octanol–water partition coefficient (Wildman–Crippen LogP) is 4.61. The second kappa shape index (κ2) is 6.91. The van der Waals surface area contributed by atoms with Crippen LogP contribution in [0, 0.1) is 6.92 Å². The summed E-state index contributed by atoms with van der Waals surface area (Å²) in [6.45, 7) is 1.66. The molecule has 0 aliphatic rings. The van der Waals surface area contributed by atoms with Gasteiger partial charge in [0.15, 0.2) is 5.69 Å². The van der Waals surface area contributed by atoms with Gasteiger partial charge in [0.2, 0.25) is 0 Å². The van der Waals surface area contributed by atoms with Crippen molar-refractivity contribution < 1.29 is 18.0 Å². The summed E-state index contributed by atoms with van der Waals surface area (Å²) < 4.78 is 40.7. The Bertz CT molecular complexity index is 951. The number of aromatic nitrogens is 3.